The Labute approximate surface area is 170 Å². The van der Waals surface area contributed by atoms with Crippen LogP contribution < -0.4 is 10.6 Å². The highest BCUT2D eigenvalue weighted by Gasteiger charge is 2.23. The Morgan fingerprint density at radius 3 is 2.41 bits per heavy atom. The third-order valence-corrected chi connectivity index (χ3v) is 5.51. The van der Waals surface area contributed by atoms with Gasteiger partial charge in [0, 0.05) is 34.5 Å². The molecule has 2 aromatic carbocycles. The van der Waals surface area contributed by atoms with E-state index < -0.39 is 0 Å². The summed E-state index contributed by atoms with van der Waals surface area (Å²) in [6.45, 7) is 8.04. The summed E-state index contributed by atoms with van der Waals surface area (Å²) in [4.78, 5) is 24.5. The number of carbonyl (C=O) groups excluding carboxylic acids is 2. The number of halogens is 1. The first-order chi connectivity index (χ1) is 12.7. The van der Waals surface area contributed by atoms with Gasteiger partial charge in [-0.1, -0.05) is 37.6 Å². The van der Waals surface area contributed by atoms with Gasteiger partial charge in [-0.15, -0.1) is 11.8 Å². The van der Waals surface area contributed by atoms with E-state index >= 15 is 0 Å². The summed E-state index contributed by atoms with van der Waals surface area (Å²) in [6.07, 6.45) is 0. The monoisotopic (exact) mass is 404 g/mol. The fourth-order valence-corrected chi connectivity index (χ4v) is 3.62. The molecule has 6 heteroatoms. The van der Waals surface area contributed by atoms with Crippen LogP contribution in [0.25, 0.3) is 0 Å². The number of hydrogen-bond donors (Lipinski definition) is 2. The lowest BCUT2D eigenvalue weighted by Gasteiger charge is -2.26. The van der Waals surface area contributed by atoms with Gasteiger partial charge in [-0.3, -0.25) is 9.59 Å². The maximum absolute atomic E-state index is 12.5. The first-order valence-electron chi connectivity index (χ1n) is 8.75. The van der Waals surface area contributed by atoms with Gasteiger partial charge >= 0.3 is 0 Å². The molecule has 1 unspecified atom stereocenters. The second kappa shape index (κ2) is 9.29. The molecule has 27 heavy (non-hydrogen) atoms. The molecule has 144 valence electrons. The Bertz CT molecular complexity index is 806. The molecule has 0 aliphatic heterocycles. The number of thioether (sulfide) groups is 1. The van der Waals surface area contributed by atoms with Crippen LogP contribution in [0.15, 0.2) is 53.4 Å². The Morgan fingerprint density at radius 2 is 1.81 bits per heavy atom. The van der Waals surface area contributed by atoms with E-state index in [0.717, 1.165) is 16.1 Å². The van der Waals surface area contributed by atoms with Crippen molar-refractivity contribution >= 4 is 40.9 Å². The Kier molecular flexibility index (Phi) is 7.33. The molecule has 0 aliphatic carbocycles. The molecule has 0 bridgehead atoms. The SMILES string of the molecule is CC(=O)Nc1ccc(SC(C)C(=O)NCC(C)(C)c2cccc(Cl)c2)cc1. The van der Waals surface area contributed by atoms with Gasteiger partial charge in [0.1, 0.15) is 0 Å². The number of nitrogens with one attached hydrogen (secondary N) is 2. The molecular weight excluding hydrogens is 380 g/mol. The number of rotatable bonds is 7. The van der Waals surface area contributed by atoms with E-state index in [1.54, 1.807) is 0 Å². The smallest absolute Gasteiger partial charge is 0.233 e. The van der Waals surface area contributed by atoms with Crippen molar-refractivity contribution in [1.29, 1.82) is 0 Å². The average molecular weight is 405 g/mol. The van der Waals surface area contributed by atoms with Crippen molar-refractivity contribution in [2.75, 3.05) is 11.9 Å². The van der Waals surface area contributed by atoms with Crippen LogP contribution in [0.4, 0.5) is 5.69 Å². The van der Waals surface area contributed by atoms with Gasteiger partial charge in [-0.25, -0.2) is 0 Å². The van der Waals surface area contributed by atoms with Crippen molar-refractivity contribution < 1.29 is 9.59 Å². The van der Waals surface area contributed by atoms with E-state index in [1.807, 2.05) is 55.5 Å². The van der Waals surface area contributed by atoms with Gasteiger partial charge in [0.2, 0.25) is 11.8 Å². The van der Waals surface area contributed by atoms with Crippen molar-refractivity contribution in [2.45, 2.75) is 43.3 Å². The molecular formula is C21H25ClN2O2S. The third-order valence-electron chi connectivity index (χ3n) is 4.17. The molecule has 0 aliphatic rings. The molecule has 0 spiro atoms. The van der Waals surface area contributed by atoms with Crippen LogP contribution in [-0.2, 0) is 15.0 Å². The van der Waals surface area contributed by atoms with Crippen LogP contribution in [0.2, 0.25) is 5.02 Å². The summed E-state index contributed by atoms with van der Waals surface area (Å²) >= 11 is 7.56. The standard InChI is InChI=1S/C21H25ClN2O2S/c1-14(27-19-10-8-18(9-11-19)24-15(2)25)20(26)23-13-21(3,4)16-6-5-7-17(22)12-16/h5-12,14H,13H2,1-4H3,(H,23,26)(H,24,25). The fraction of sp³-hybridized carbons (Fsp3) is 0.333. The number of carbonyl (C=O) groups is 2. The highest BCUT2D eigenvalue weighted by molar-refractivity contribution is 8.00. The molecule has 0 saturated carbocycles. The zero-order chi connectivity index (χ0) is 20.0. The van der Waals surface area contributed by atoms with Crippen molar-refractivity contribution in [3.05, 3.63) is 59.1 Å². The second-order valence-electron chi connectivity index (χ2n) is 7.08. The van der Waals surface area contributed by atoms with Crippen LogP contribution in [0.1, 0.15) is 33.3 Å². The lowest BCUT2D eigenvalue weighted by Crippen LogP contribution is -2.40. The van der Waals surface area contributed by atoms with E-state index in [-0.39, 0.29) is 22.5 Å². The maximum Gasteiger partial charge on any atom is 0.233 e. The van der Waals surface area contributed by atoms with Gasteiger partial charge in [-0.05, 0) is 48.9 Å². The van der Waals surface area contributed by atoms with Crippen molar-refractivity contribution in [2.24, 2.45) is 0 Å². The maximum atomic E-state index is 12.5. The molecule has 2 amide bonds. The molecule has 2 N–H and O–H groups in total. The van der Waals surface area contributed by atoms with Crippen LogP contribution in [0, 0.1) is 0 Å². The normalized spacial score (nSPS) is 12.3. The van der Waals surface area contributed by atoms with E-state index in [4.69, 9.17) is 11.6 Å². The summed E-state index contributed by atoms with van der Waals surface area (Å²) in [5.41, 5.74) is 1.61. The van der Waals surface area contributed by atoms with E-state index in [1.165, 1.54) is 18.7 Å². The number of benzene rings is 2. The number of anilines is 1. The van der Waals surface area contributed by atoms with Crippen LogP contribution >= 0.6 is 23.4 Å². The molecule has 2 rings (SSSR count). The van der Waals surface area contributed by atoms with Crippen molar-refractivity contribution in [1.82, 2.24) is 5.32 Å². The summed E-state index contributed by atoms with van der Waals surface area (Å²) in [7, 11) is 0. The molecule has 2 aromatic rings. The van der Waals surface area contributed by atoms with Gasteiger partial charge in [0.05, 0.1) is 5.25 Å². The van der Waals surface area contributed by atoms with Gasteiger partial charge < -0.3 is 10.6 Å². The van der Waals surface area contributed by atoms with Gasteiger partial charge in [0.15, 0.2) is 0 Å². The number of amides is 2. The molecule has 1 atom stereocenters. The zero-order valence-corrected chi connectivity index (χ0v) is 17.6. The second-order valence-corrected chi connectivity index (χ2v) is 8.93. The van der Waals surface area contributed by atoms with E-state index in [9.17, 15) is 9.59 Å². The van der Waals surface area contributed by atoms with E-state index in [2.05, 4.69) is 24.5 Å². The van der Waals surface area contributed by atoms with Crippen LogP contribution in [0.5, 0.6) is 0 Å². The molecule has 0 heterocycles. The van der Waals surface area contributed by atoms with Crippen LogP contribution in [0.3, 0.4) is 0 Å². The molecule has 0 fully saturated rings. The highest BCUT2D eigenvalue weighted by Crippen LogP contribution is 2.27. The topological polar surface area (TPSA) is 58.2 Å². The highest BCUT2D eigenvalue weighted by atomic mass is 35.5. The molecule has 0 aromatic heterocycles. The third kappa shape index (κ3) is 6.60. The van der Waals surface area contributed by atoms with Crippen molar-refractivity contribution in [3.63, 3.8) is 0 Å². The van der Waals surface area contributed by atoms with Gasteiger partial charge in [0.25, 0.3) is 0 Å². The number of hydrogen-bond acceptors (Lipinski definition) is 3. The average Bonchev–Trinajstić information content (AvgIpc) is 2.61. The Hall–Kier alpha value is -1.98. The van der Waals surface area contributed by atoms with E-state index in [0.29, 0.717) is 11.6 Å². The lowest BCUT2D eigenvalue weighted by molar-refractivity contribution is -0.120. The van der Waals surface area contributed by atoms with Gasteiger partial charge in [-0.2, -0.15) is 0 Å². The summed E-state index contributed by atoms with van der Waals surface area (Å²) in [5.74, 6) is -0.119. The molecule has 0 radical (unpaired) electrons. The minimum Gasteiger partial charge on any atom is -0.354 e. The minimum atomic E-state index is -0.230. The summed E-state index contributed by atoms with van der Waals surface area (Å²) in [5, 5.41) is 6.23. The lowest BCUT2D eigenvalue weighted by atomic mass is 9.84. The Morgan fingerprint density at radius 1 is 1.15 bits per heavy atom. The summed E-state index contributed by atoms with van der Waals surface area (Å²) < 4.78 is 0. The van der Waals surface area contributed by atoms with Crippen LogP contribution in [-0.4, -0.2) is 23.6 Å². The zero-order valence-electron chi connectivity index (χ0n) is 16.0. The Balaban J connectivity index is 1.90. The first-order valence-corrected chi connectivity index (χ1v) is 10.0. The predicted molar refractivity (Wildman–Crippen MR) is 114 cm³/mol. The minimum absolute atomic E-state index is 0.0129. The summed E-state index contributed by atoms with van der Waals surface area (Å²) in [6, 6.07) is 15.2. The first kappa shape index (κ1) is 21.3. The largest absolute Gasteiger partial charge is 0.354 e. The molecule has 0 saturated heterocycles. The fourth-order valence-electron chi connectivity index (χ4n) is 2.54. The van der Waals surface area contributed by atoms with Crippen molar-refractivity contribution in [3.8, 4) is 0 Å². The predicted octanol–water partition coefficient (Wildman–Crippen LogP) is 4.87. The molecule has 4 nitrogen and oxygen atoms in total. The quantitative estimate of drug-likeness (QED) is 0.647.